The first kappa shape index (κ1) is 61.2. The zero-order chi connectivity index (χ0) is 57.5. The lowest BCUT2D eigenvalue weighted by Crippen LogP contribution is -2.19. The van der Waals surface area contributed by atoms with Crippen LogP contribution >= 0.6 is 17.2 Å². The zero-order valence-corrected chi connectivity index (χ0v) is 53.4. The van der Waals surface area contributed by atoms with Gasteiger partial charge in [-0.3, -0.25) is 0 Å². The summed E-state index contributed by atoms with van der Waals surface area (Å²) in [6.45, 7) is 53.6. The third-order valence-corrected chi connectivity index (χ3v) is 16.1. The summed E-state index contributed by atoms with van der Waals surface area (Å²) in [4.78, 5) is 0. The van der Waals surface area contributed by atoms with E-state index >= 15 is 0 Å². The number of rotatable bonds is 14. The summed E-state index contributed by atoms with van der Waals surface area (Å²) in [5.41, 5.74) is 10.0. The number of hydrogen-bond donors (Lipinski definition) is 0. The summed E-state index contributed by atoms with van der Waals surface area (Å²) < 4.78 is 42.6. The minimum absolute atomic E-state index is 0.0504. The predicted octanol–water partition coefficient (Wildman–Crippen LogP) is 21.2. The van der Waals surface area contributed by atoms with Crippen LogP contribution in [0.5, 0.6) is 34.5 Å². The average molecular weight is 1080 g/mol. The standard InChI is InChI=1S/C69H94O6P2/c1-62(2,3)48-33-37-58(52(42-48)66(13,14)15)72-76(73-59-38-34-49(63(4,5)6)43-53(59)67(16,17)18)70-56-31-27-25-29-46(56)41-47-30-26-28-32-57(47)71-77(74-60-39-35-50(64(7,8)9)44-54(60)68(19,20)21)75-61-40-36-51(65(10,11)12)45-55(61)69(22,23)24/h25-40,42-45H,41H2,1-24H3. The Kier molecular flexibility index (Phi) is 18.0. The van der Waals surface area contributed by atoms with Gasteiger partial charge in [0, 0.05) is 28.7 Å². The molecule has 0 aromatic heterocycles. The third kappa shape index (κ3) is 16.1. The first-order chi connectivity index (χ1) is 35.2. The highest BCUT2D eigenvalue weighted by molar-refractivity contribution is 7.43. The first-order valence-corrected chi connectivity index (χ1v) is 29.8. The fourth-order valence-corrected chi connectivity index (χ4v) is 11.1. The molecule has 0 radical (unpaired) electrons. The molecule has 6 rings (SSSR count). The Bertz CT molecular complexity index is 2630. The topological polar surface area (TPSA) is 55.4 Å². The van der Waals surface area contributed by atoms with Gasteiger partial charge in [-0.15, -0.1) is 0 Å². The van der Waals surface area contributed by atoms with Crippen LogP contribution in [0.3, 0.4) is 0 Å². The number of hydrogen-bond acceptors (Lipinski definition) is 6. The van der Waals surface area contributed by atoms with Crippen LogP contribution < -0.4 is 27.1 Å². The molecule has 6 aromatic carbocycles. The van der Waals surface area contributed by atoms with Crippen molar-refractivity contribution in [2.24, 2.45) is 0 Å². The summed E-state index contributed by atoms with van der Waals surface area (Å²) in [6.07, 6.45) is 0.473. The summed E-state index contributed by atoms with van der Waals surface area (Å²) in [7, 11) is -4.15. The molecule has 6 nitrogen and oxygen atoms in total. The van der Waals surface area contributed by atoms with Gasteiger partial charge in [-0.05, 0) is 113 Å². The third-order valence-electron chi connectivity index (χ3n) is 14.0. The molecule has 8 heteroatoms. The van der Waals surface area contributed by atoms with Crippen LogP contribution in [0.2, 0.25) is 0 Å². The Morgan fingerprint density at radius 1 is 0.247 bits per heavy atom. The molecule has 0 fully saturated rings. The van der Waals surface area contributed by atoms with E-state index in [0.29, 0.717) is 17.9 Å². The molecule has 0 aliphatic carbocycles. The molecule has 0 spiro atoms. The van der Waals surface area contributed by atoms with Gasteiger partial charge in [0.25, 0.3) is 0 Å². The van der Waals surface area contributed by atoms with Crippen LogP contribution in [0, 0.1) is 0 Å². The van der Waals surface area contributed by atoms with Crippen molar-refractivity contribution in [3.63, 3.8) is 0 Å². The van der Waals surface area contributed by atoms with Gasteiger partial charge >= 0.3 is 17.2 Å². The fourth-order valence-electron chi connectivity index (χ4n) is 8.93. The summed E-state index contributed by atoms with van der Waals surface area (Å²) in [5, 5.41) is 0. The van der Waals surface area contributed by atoms with Crippen molar-refractivity contribution < 1.29 is 27.1 Å². The maximum atomic E-state index is 7.13. The van der Waals surface area contributed by atoms with Gasteiger partial charge in [0.15, 0.2) is 0 Å². The molecule has 0 amide bonds. The van der Waals surface area contributed by atoms with Crippen LogP contribution in [0.15, 0.2) is 121 Å². The van der Waals surface area contributed by atoms with Crippen molar-refractivity contribution in [2.45, 2.75) is 216 Å². The van der Waals surface area contributed by atoms with Gasteiger partial charge in [-0.25, -0.2) is 0 Å². The maximum Gasteiger partial charge on any atom is 0.530 e. The van der Waals surface area contributed by atoms with Crippen molar-refractivity contribution in [3.8, 4) is 34.5 Å². The van der Waals surface area contributed by atoms with Crippen LogP contribution in [-0.4, -0.2) is 0 Å². The molecule has 0 heterocycles. The predicted molar refractivity (Wildman–Crippen MR) is 329 cm³/mol. The highest BCUT2D eigenvalue weighted by atomic mass is 31.2. The van der Waals surface area contributed by atoms with Crippen LogP contribution in [0.4, 0.5) is 0 Å². The van der Waals surface area contributed by atoms with Gasteiger partial charge in [0.1, 0.15) is 34.5 Å². The molecule has 0 N–H and O–H groups in total. The van der Waals surface area contributed by atoms with Gasteiger partial charge in [-0.2, -0.15) is 0 Å². The highest BCUT2D eigenvalue weighted by Crippen LogP contribution is 2.52. The van der Waals surface area contributed by atoms with Crippen molar-refractivity contribution in [1.82, 2.24) is 0 Å². The lowest BCUT2D eigenvalue weighted by molar-refractivity contribution is 0.375. The Morgan fingerprint density at radius 3 is 0.662 bits per heavy atom. The SMILES string of the molecule is CC(C)(C)c1ccc(OP(Oc2ccccc2Cc2ccccc2OP(Oc2ccc(C(C)(C)C)cc2C(C)(C)C)Oc2ccc(C(C)(C)C)cc2C(C)(C)C)Oc2ccc(C(C)(C)C)cc2C(C)(C)C)c(C(C)(C)C)c1. The van der Waals surface area contributed by atoms with E-state index in [4.69, 9.17) is 27.1 Å². The Morgan fingerprint density at radius 2 is 0.455 bits per heavy atom. The van der Waals surface area contributed by atoms with E-state index < -0.39 is 17.2 Å². The van der Waals surface area contributed by atoms with Crippen LogP contribution in [0.25, 0.3) is 0 Å². The van der Waals surface area contributed by atoms with E-state index in [1.54, 1.807) is 0 Å². The normalized spacial score (nSPS) is 13.2. The second kappa shape index (κ2) is 22.6. The lowest BCUT2D eigenvalue weighted by Gasteiger charge is -2.30. The largest absolute Gasteiger partial charge is 0.530 e. The smallest absolute Gasteiger partial charge is 0.408 e. The zero-order valence-electron chi connectivity index (χ0n) is 51.6. The molecular formula is C69H94O6P2. The quantitative estimate of drug-likeness (QED) is 0.101. The van der Waals surface area contributed by atoms with E-state index in [-0.39, 0.29) is 43.3 Å². The molecule has 0 aliphatic heterocycles. The number of benzene rings is 6. The van der Waals surface area contributed by atoms with Gasteiger partial charge in [-0.1, -0.05) is 251 Å². The molecule has 77 heavy (non-hydrogen) atoms. The van der Waals surface area contributed by atoms with Crippen molar-refractivity contribution in [3.05, 3.63) is 177 Å². The molecule has 0 saturated carbocycles. The monoisotopic (exact) mass is 1080 g/mol. The molecule has 0 saturated heterocycles. The van der Waals surface area contributed by atoms with E-state index in [0.717, 1.165) is 56.4 Å². The van der Waals surface area contributed by atoms with Gasteiger partial charge in [0.2, 0.25) is 0 Å². The summed E-state index contributed by atoms with van der Waals surface area (Å²) in [5.74, 6) is 4.23. The number of para-hydroxylation sites is 2. The molecule has 416 valence electrons. The fraction of sp³-hybridized carbons (Fsp3) is 0.478. The van der Waals surface area contributed by atoms with E-state index in [1.165, 1.54) is 22.3 Å². The molecule has 0 bridgehead atoms. The Hall–Kier alpha value is -5.02. The van der Waals surface area contributed by atoms with Crippen LogP contribution in [0.1, 0.15) is 222 Å². The van der Waals surface area contributed by atoms with E-state index in [1.807, 2.05) is 36.4 Å². The van der Waals surface area contributed by atoms with Crippen molar-refractivity contribution >= 4 is 17.2 Å². The molecule has 0 aliphatic rings. The molecule has 0 atom stereocenters. The molecule has 0 unspecified atom stereocenters. The maximum absolute atomic E-state index is 7.13. The second-order valence-electron chi connectivity index (χ2n) is 29.2. The summed E-state index contributed by atoms with van der Waals surface area (Å²) in [6, 6.07) is 42.5. The van der Waals surface area contributed by atoms with E-state index in [2.05, 4.69) is 251 Å². The van der Waals surface area contributed by atoms with Gasteiger partial charge in [0.05, 0.1) is 0 Å². The highest BCUT2D eigenvalue weighted by Gasteiger charge is 2.34. The molecule has 6 aromatic rings. The minimum Gasteiger partial charge on any atom is -0.408 e. The van der Waals surface area contributed by atoms with Crippen molar-refractivity contribution in [2.75, 3.05) is 0 Å². The lowest BCUT2D eigenvalue weighted by atomic mass is 9.80. The van der Waals surface area contributed by atoms with E-state index in [9.17, 15) is 0 Å². The summed E-state index contributed by atoms with van der Waals surface area (Å²) >= 11 is 0. The second-order valence-corrected chi connectivity index (χ2v) is 31.2. The Balaban J connectivity index is 1.45. The van der Waals surface area contributed by atoms with Gasteiger partial charge < -0.3 is 27.1 Å². The van der Waals surface area contributed by atoms with Crippen molar-refractivity contribution in [1.29, 1.82) is 0 Å². The first-order valence-electron chi connectivity index (χ1n) is 27.6. The molecular weight excluding hydrogens is 987 g/mol. The Labute approximate surface area is 469 Å². The average Bonchev–Trinajstić information content (AvgIpc) is 3.28. The van der Waals surface area contributed by atoms with Crippen LogP contribution in [-0.2, 0) is 49.7 Å². The minimum atomic E-state index is -2.07.